The van der Waals surface area contributed by atoms with E-state index < -0.39 is 6.10 Å². The molecule has 0 saturated heterocycles. The molecule has 0 fully saturated rings. The number of aliphatic hydroxyl groups is 1. The molecule has 0 spiro atoms. The second-order valence-corrected chi connectivity index (χ2v) is 4.41. The summed E-state index contributed by atoms with van der Waals surface area (Å²) >= 11 is 0. The Kier molecular flexibility index (Phi) is 3.81. The Morgan fingerprint density at radius 3 is 2.83 bits per heavy atom. The van der Waals surface area contributed by atoms with Gasteiger partial charge in [-0.15, -0.1) is 0 Å². The van der Waals surface area contributed by atoms with Crippen molar-refractivity contribution in [3.05, 3.63) is 35.7 Å². The normalized spacial score (nSPS) is 12.9. The molecule has 2 rings (SSSR count). The summed E-state index contributed by atoms with van der Waals surface area (Å²) in [5.74, 6) is 0.913. The summed E-state index contributed by atoms with van der Waals surface area (Å²) in [6.07, 6.45) is 6.42. The zero-order chi connectivity index (χ0) is 13.1. The van der Waals surface area contributed by atoms with Crippen molar-refractivity contribution in [2.75, 3.05) is 0 Å². The molecule has 1 unspecified atom stereocenters. The quantitative estimate of drug-likeness (QED) is 0.872. The molecule has 0 aromatic carbocycles. The molecule has 0 aliphatic heterocycles. The molecule has 2 aromatic heterocycles. The van der Waals surface area contributed by atoms with Crippen LogP contribution in [0.4, 0.5) is 0 Å². The Morgan fingerprint density at radius 2 is 2.17 bits per heavy atom. The van der Waals surface area contributed by atoms with Gasteiger partial charge in [0.2, 0.25) is 0 Å². The average molecular weight is 248 g/mol. The predicted octanol–water partition coefficient (Wildman–Crippen LogP) is 1.48. The topological polar surface area (TPSA) is 55.9 Å². The largest absolute Gasteiger partial charge is 0.388 e. The lowest BCUT2D eigenvalue weighted by molar-refractivity contribution is 0.173. The van der Waals surface area contributed by atoms with Crippen molar-refractivity contribution >= 4 is 0 Å². The van der Waals surface area contributed by atoms with Crippen LogP contribution in [-0.4, -0.2) is 24.4 Å². The second-order valence-electron chi connectivity index (χ2n) is 4.41. The highest BCUT2D eigenvalue weighted by Gasteiger charge is 2.17. The number of nitrogens with zero attached hydrogens (tertiary/aromatic N) is 4. The van der Waals surface area contributed by atoms with Gasteiger partial charge in [0.15, 0.2) is 0 Å². The summed E-state index contributed by atoms with van der Waals surface area (Å²) in [6.45, 7) is 4.99. The lowest BCUT2D eigenvalue weighted by atomic mass is 10.1. The van der Waals surface area contributed by atoms with Crippen LogP contribution < -0.4 is 0 Å². The van der Waals surface area contributed by atoms with Gasteiger partial charge >= 0.3 is 0 Å². The van der Waals surface area contributed by atoms with Crippen molar-refractivity contribution in [1.82, 2.24) is 19.3 Å². The summed E-state index contributed by atoms with van der Waals surface area (Å²) in [5, 5.41) is 14.7. The molecule has 1 atom stereocenters. The van der Waals surface area contributed by atoms with Crippen molar-refractivity contribution in [3.63, 3.8) is 0 Å². The first-order chi connectivity index (χ1) is 8.65. The summed E-state index contributed by atoms with van der Waals surface area (Å²) in [5.41, 5.74) is 1.87. The molecule has 0 aliphatic rings. The number of aryl methyl sites for hydroxylation is 3. The van der Waals surface area contributed by atoms with E-state index in [0.29, 0.717) is 6.42 Å². The summed E-state index contributed by atoms with van der Waals surface area (Å²) in [4.78, 5) is 4.29. The zero-order valence-electron chi connectivity index (χ0n) is 11.2. The highest BCUT2D eigenvalue weighted by molar-refractivity contribution is 5.21. The van der Waals surface area contributed by atoms with Gasteiger partial charge in [0.25, 0.3) is 0 Å². The van der Waals surface area contributed by atoms with Crippen molar-refractivity contribution < 1.29 is 5.11 Å². The fourth-order valence-electron chi connectivity index (χ4n) is 2.21. The summed E-state index contributed by atoms with van der Waals surface area (Å²) in [7, 11) is 1.88. The molecule has 5 nitrogen and oxygen atoms in total. The lowest BCUT2D eigenvalue weighted by Gasteiger charge is -2.11. The fourth-order valence-corrected chi connectivity index (χ4v) is 2.21. The fraction of sp³-hybridized carbons (Fsp3) is 0.538. The van der Waals surface area contributed by atoms with Crippen LogP contribution in [0, 0.1) is 0 Å². The molecule has 0 aliphatic carbocycles. The monoisotopic (exact) mass is 248 g/mol. The summed E-state index contributed by atoms with van der Waals surface area (Å²) in [6, 6.07) is 0. The van der Waals surface area contributed by atoms with E-state index in [1.54, 1.807) is 10.9 Å². The molecular formula is C13H20N4O. The highest BCUT2D eigenvalue weighted by atomic mass is 16.3. The van der Waals surface area contributed by atoms with E-state index >= 15 is 0 Å². The SMILES string of the molecule is CCc1nn(C)cc1C(O)Cc1nccn1CC. The van der Waals surface area contributed by atoms with E-state index in [-0.39, 0.29) is 0 Å². The Labute approximate surface area is 107 Å². The Morgan fingerprint density at radius 1 is 1.39 bits per heavy atom. The third-order valence-corrected chi connectivity index (χ3v) is 3.15. The van der Waals surface area contributed by atoms with Crippen LogP contribution in [0.1, 0.15) is 37.0 Å². The number of aliphatic hydroxyl groups excluding tert-OH is 1. The molecule has 98 valence electrons. The first-order valence-electron chi connectivity index (χ1n) is 6.36. The van der Waals surface area contributed by atoms with E-state index in [1.807, 2.05) is 30.9 Å². The van der Waals surface area contributed by atoms with E-state index in [2.05, 4.69) is 17.0 Å². The standard InChI is InChI=1S/C13H20N4O/c1-4-11-10(9-16(3)15-11)12(18)8-13-14-6-7-17(13)5-2/h6-7,9,12,18H,4-5,8H2,1-3H3. The third kappa shape index (κ3) is 2.46. The molecule has 1 N–H and O–H groups in total. The van der Waals surface area contributed by atoms with Gasteiger partial charge in [-0.1, -0.05) is 6.92 Å². The maximum atomic E-state index is 10.3. The van der Waals surface area contributed by atoms with Crippen LogP contribution in [0.25, 0.3) is 0 Å². The maximum absolute atomic E-state index is 10.3. The van der Waals surface area contributed by atoms with E-state index in [4.69, 9.17) is 0 Å². The molecule has 0 radical (unpaired) electrons. The van der Waals surface area contributed by atoms with Crippen LogP contribution >= 0.6 is 0 Å². The van der Waals surface area contributed by atoms with Crippen molar-refractivity contribution in [2.45, 2.75) is 39.3 Å². The molecule has 0 amide bonds. The van der Waals surface area contributed by atoms with E-state index in [0.717, 1.165) is 30.0 Å². The molecular weight excluding hydrogens is 228 g/mol. The van der Waals surface area contributed by atoms with Gasteiger partial charge in [-0.05, 0) is 13.3 Å². The number of hydrogen-bond acceptors (Lipinski definition) is 3. The number of aromatic nitrogens is 4. The summed E-state index contributed by atoms with van der Waals surface area (Å²) < 4.78 is 3.80. The Hall–Kier alpha value is -1.62. The van der Waals surface area contributed by atoms with Crippen LogP contribution in [-0.2, 0) is 26.4 Å². The van der Waals surface area contributed by atoms with Crippen LogP contribution in [0.3, 0.4) is 0 Å². The van der Waals surface area contributed by atoms with Crippen LogP contribution in [0.2, 0.25) is 0 Å². The van der Waals surface area contributed by atoms with Crippen LogP contribution in [0.5, 0.6) is 0 Å². The van der Waals surface area contributed by atoms with Gasteiger partial charge in [-0.2, -0.15) is 5.10 Å². The highest BCUT2D eigenvalue weighted by Crippen LogP contribution is 2.21. The Bertz CT molecular complexity index is 515. The van der Waals surface area contributed by atoms with Gasteiger partial charge < -0.3 is 9.67 Å². The maximum Gasteiger partial charge on any atom is 0.111 e. The minimum Gasteiger partial charge on any atom is -0.388 e. The number of rotatable bonds is 5. The third-order valence-electron chi connectivity index (χ3n) is 3.15. The zero-order valence-corrected chi connectivity index (χ0v) is 11.2. The first-order valence-corrected chi connectivity index (χ1v) is 6.36. The van der Waals surface area contributed by atoms with Crippen LogP contribution in [0.15, 0.2) is 18.6 Å². The van der Waals surface area contributed by atoms with E-state index in [9.17, 15) is 5.11 Å². The molecule has 5 heteroatoms. The molecule has 2 aromatic rings. The number of hydrogen-bond donors (Lipinski definition) is 1. The van der Waals surface area contributed by atoms with Crippen molar-refractivity contribution in [2.24, 2.45) is 7.05 Å². The minimum absolute atomic E-state index is 0.527. The Balaban J connectivity index is 2.18. The molecule has 0 bridgehead atoms. The average Bonchev–Trinajstić information content (AvgIpc) is 2.94. The smallest absolute Gasteiger partial charge is 0.111 e. The molecule has 0 saturated carbocycles. The second kappa shape index (κ2) is 5.35. The first kappa shape index (κ1) is 12.8. The van der Waals surface area contributed by atoms with Crippen molar-refractivity contribution in [1.29, 1.82) is 0 Å². The minimum atomic E-state index is -0.540. The van der Waals surface area contributed by atoms with Gasteiger partial charge in [0.05, 0.1) is 11.8 Å². The van der Waals surface area contributed by atoms with E-state index in [1.165, 1.54) is 0 Å². The van der Waals surface area contributed by atoms with Gasteiger partial charge in [-0.25, -0.2) is 4.98 Å². The molecule has 18 heavy (non-hydrogen) atoms. The molecule has 2 heterocycles. The van der Waals surface area contributed by atoms with Gasteiger partial charge in [-0.3, -0.25) is 4.68 Å². The van der Waals surface area contributed by atoms with Gasteiger partial charge in [0, 0.05) is 44.2 Å². The lowest BCUT2D eigenvalue weighted by Crippen LogP contribution is -2.09. The predicted molar refractivity (Wildman–Crippen MR) is 69.2 cm³/mol. The number of imidazole rings is 1. The van der Waals surface area contributed by atoms with Gasteiger partial charge in [0.1, 0.15) is 5.82 Å². The van der Waals surface area contributed by atoms with Crippen molar-refractivity contribution in [3.8, 4) is 0 Å².